The molecule has 0 atom stereocenters. The van der Waals surface area contributed by atoms with E-state index in [0.29, 0.717) is 35.1 Å². The molecule has 1 aliphatic rings. The van der Waals surface area contributed by atoms with Crippen molar-refractivity contribution in [3.8, 4) is 11.3 Å². The predicted molar refractivity (Wildman–Crippen MR) is 96.2 cm³/mol. The molecular formula is C19H21N3O3. The minimum atomic E-state index is -0.477. The van der Waals surface area contributed by atoms with Crippen LogP contribution in [0.2, 0.25) is 0 Å². The lowest BCUT2D eigenvalue weighted by molar-refractivity contribution is -0.116. The fraction of sp³-hybridized carbons (Fsp3) is 0.316. The summed E-state index contributed by atoms with van der Waals surface area (Å²) in [5, 5.41) is 0. The topological polar surface area (TPSA) is 85.5 Å². The summed E-state index contributed by atoms with van der Waals surface area (Å²) in [6, 6.07) is 8.89. The van der Waals surface area contributed by atoms with Gasteiger partial charge in [0.05, 0.1) is 35.9 Å². The van der Waals surface area contributed by atoms with Gasteiger partial charge in [-0.3, -0.25) is 9.78 Å². The van der Waals surface area contributed by atoms with Crippen LogP contribution in [0.4, 0.5) is 11.4 Å². The maximum atomic E-state index is 12.3. The summed E-state index contributed by atoms with van der Waals surface area (Å²) in [4.78, 5) is 30.4. The molecule has 0 radical (unpaired) electrons. The van der Waals surface area contributed by atoms with Crippen LogP contribution in [0.3, 0.4) is 0 Å². The van der Waals surface area contributed by atoms with Crippen LogP contribution >= 0.6 is 0 Å². The number of carbonyl (C=O) groups is 2. The number of rotatable bonds is 5. The number of methoxy groups -OCH3 is 1. The molecule has 0 unspecified atom stereocenters. The lowest BCUT2D eigenvalue weighted by Gasteiger charge is -2.23. The third kappa shape index (κ3) is 3.79. The van der Waals surface area contributed by atoms with E-state index >= 15 is 0 Å². The Hall–Kier alpha value is -2.89. The molecule has 1 aromatic carbocycles. The van der Waals surface area contributed by atoms with Gasteiger partial charge in [0.25, 0.3) is 0 Å². The van der Waals surface area contributed by atoms with Crippen LogP contribution in [0.15, 0.2) is 36.5 Å². The number of nitrogens with two attached hydrogens (primary N) is 1. The molecule has 3 rings (SSSR count). The summed E-state index contributed by atoms with van der Waals surface area (Å²) < 4.78 is 4.92. The summed E-state index contributed by atoms with van der Waals surface area (Å²) >= 11 is 0. The van der Waals surface area contributed by atoms with Crippen LogP contribution < -0.4 is 10.6 Å². The van der Waals surface area contributed by atoms with Crippen molar-refractivity contribution in [3.63, 3.8) is 0 Å². The molecule has 2 aromatic rings. The third-order valence-corrected chi connectivity index (χ3v) is 4.29. The van der Waals surface area contributed by atoms with Gasteiger partial charge in [-0.2, -0.15) is 0 Å². The lowest BCUT2D eigenvalue weighted by atomic mass is 10.0. The van der Waals surface area contributed by atoms with Crippen LogP contribution in [0.5, 0.6) is 0 Å². The van der Waals surface area contributed by atoms with Crippen molar-refractivity contribution in [2.75, 3.05) is 24.3 Å². The van der Waals surface area contributed by atoms with Crippen LogP contribution in [0.25, 0.3) is 11.3 Å². The molecule has 6 nitrogen and oxygen atoms in total. The molecule has 0 bridgehead atoms. The quantitative estimate of drug-likeness (QED) is 0.847. The van der Waals surface area contributed by atoms with Crippen LogP contribution in [-0.2, 0) is 9.53 Å². The van der Waals surface area contributed by atoms with Crippen molar-refractivity contribution < 1.29 is 14.3 Å². The number of hydrogen-bond acceptors (Lipinski definition) is 5. The molecule has 2 N–H and O–H groups in total. The van der Waals surface area contributed by atoms with E-state index in [0.717, 1.165) is 18.4 Å². The highest BCUT2D eigenvalue weighted by molar-refractivity contribution is 6.03. The second kappa shape index (κ2) is 6.93. The van der Waals surface area contributed by atoms with Crippen molar-refractivity contribution in [1.29, 1.82) is 0 Å². The zero-order valence-corrected chi connectivity index (χ0v) is 14.4. The van der Waals surface area contributed by atoms with Crippen LogP contribution in [-0.4, -0.2) is 30.5 Å². The summed E-state index contributed by atoms with van der Waals surface area (Å²) in [6.45, 7) is 2.14. The van der Waals surface area contributed by atoms with Gasteiger partial charge in [0, 0.05) is 19.0 Å². The van der Waals surface area contributed by atoms with Gasteiger partial charge in [0.15, 0.2) is 0 Å². The molecule has 1 aromatic heterocycles. The summed E-state index contributed by atoms with van der Waals surface area (Å²) in [5.74, 6) is -0.0578. The molecule has 1 heterocycles. The standard InChI is InChI=1S/C19H21N3O3/c1-12(23)22(11-13-3-4-13)18-8-5-14(9-16(18)19(24)25-2)17-7-6-15(20)10-21-17/h5-10,13H,3-4,11,20H2,1-2H3. The molecule has 1 amide bonds. The number of hydrogen-bond donors (Lipinski definition) is 1. The van der Waals surface area contributed by atoms with E-state index in [1.54, 1.807) is 35.4 Å². The number of esters is 1. The van der Waals surface area contributed by atoms with Gasteiger partial charge < -0.3 is 15.4 Å². The average molecular weight is 339 g/mol. The van der Waals surface area contributed by atoms with E-state index in [1.165, 1.54) is 14.0 Å². The van der Waals surface area contributed by atoms with Gasteiger partial charge in [-0.25, -0.2) is 4.79 Å². The second-order valence-corrected chi connectivity index (χ2v) is 6.27. The third-order valence-electron chi connectivity index (χ3n) is 4.29. The average Bonchev–Trinajstić information content (AvgIpc) is 3.43. The highest BCUT2D eigenvalue weighted by atomic mass is 16.5. The van der Waals surface area contributed by atoms with Gasteiger partial charge in [0.1, 0.15) is 0 Å². The number of anilines is 2. The number of aromatic nitrogens is 1. The Morgan fingerprint density at radius 3 is 2.60 bits per heavy atom. The minimum absolute atomic E-state index is 0.0876. The monoisotopic (exact) mass is 339 g/mol. The maximum absolute atomic E-state index is 12.3. The van der Waals surface area contributed by atoms with Crippen molar-refractivity contribution >= 4 is 23.3 Å². The largest absolute Gasteiger partial charge is 0.465 e. The highest BCUT2D eigenvalue weighted by Crippen LogP contribution is 2.34. The molecule has 1 fully saturated rings. The molecule has 6 heteroatoms. The number of carbonyl (C=O) groups excluding carboxylic acids is 2. The Morgan fingerprint density at radius 1 is 1.28 bits per heavy atom. The molecule has 0 saturated heterocycles. The Bertz CT molecular complexity index is 798. The molecular weight excluding hydrogens is 318 g/mol. The van der Waals surface area contributed by atoms with Crippen molar-refractivity contribution in [2.45, 2.75) is 19.8 Å². The first-order chi connectivity index (χ1) is 12.0. The van der Waals surface area contributed by atoms with E-state index in [4.69, 9.17) is 10.5 Å². The Kier molecular flexibility index (Phi) is 4.70. The summed E-state index contributed by atoms with van der Waals surface area (Å²) in [6.07, 6.45) is 3.80. The van der Waals surface area contributed by atoms with E-state index in [1.807, 2.05) is 6.07 Å². The predicted octanol–water partition coefficient (Wildman–Crippen LogP) is 2.88. The number of nitrogen functional groups attached to an aromatic ring is 1. The van der Waals surface area contributed by atoms with Crippen LogP contribution in [0, 0.1) is 5.92 Å². The zero-order chi connectivity index (χ0) is 18.0. The first kappa shape index (κ1) is 17.0. The number of pyridine rings is 1. The van der Waals surface area contributed by atoms with Gasteiger partial charge >= 0.3 is 5.97 Å². The van der Waals surface area contributed by atoms with Gasteiger partial charge in [-0.15, -0.1) is 0 Å². The lowest BCUT2D eigenvalue weighted by Crippen LogP contribution is -2.32. The minimum Gasteiger partial charge on any atom is -0.465 e. The van der Waals surface area contributed by atoms with Crippen molar-refractivity contribution in [1.82, 2.24) is 4.98 Å². The SMILES string of the molecule is COC(=O)c1cc(-c2ccc(N)cn2)ccc1N(CC1CC1)C(C)=O. The van der Waals surface area contributed by atoms with Gasteiger partial charge in [-0.1, -0.05) is 6.07 Å². The molecule has 130 valence electrons. The number of ether oxygens (including phenoxy) is 1. The van der Waals surface area contributed by atoms with E-state index in [-0.39, 0.29) is 5.91 Å². The number of nitrogens with zero attached hydrogens (tertiary/aromatic N) is 2. The molecule has 25 heavy (non-hydrogen) atoms. The Labute approximate surface area is 146 Å². The fourth-order valence-electron chi connectivity index (χ4n) is 2.74. The van der Waals surface area contributed by atoms with Gasteiger partial charge in [0.2, 0.25) is 5.91 Å². The van der Waals surface area contributed by atoms with Crippen LogP contribution in [0.1, 0.15) is 30.1 Å². The first-order valence-electron chi connectivity index (χ1n) is 8.22. The molecule has 0 spiro atoms. The van der Waals surface area contributed by atoms with E-state index < -0.39 is 5.97 Å². The maximum Gasteiger partial charge on any atom is 0.340 e. The Balaban J connectivity index is 2.03. The summed E-state index contributed by atoms with van der Waals surface area (Å²) in [5.41, 5.74) is 8.63. The normalized spacial score (nSPS) is 13.4. The zero-order valence-electron chi connectivity index (χ0n) is 14.4. The van der Waals surface area contributed by atoms with Gasteiger partial charge in [-0.05, 0) is 43.0 Å². The smallest absolute Gasteiger partial charge is 0.340 e. The second-order valence-electron chi connectivity index (χ2n) is 6.27. The van der Waals surface area contributed by atoms with Crippen molar-refractivity contribution in [3.05, 3.63) is 42.1 Å². The fourth-order valence-corrected chi connectivity index (χ4v) is 2.74. The number of benzene rings is 1. The molecule has 1 aliphatic carbocycles. The first-order valence-corrected chi connectivity index (χ1v) is 8.22. The Morgan fingerprint density at radius 2 is 2.04 bits per heavy atom. The number of amides is 1. The van der Waals surface area contributed by atoms with E-state index in [2.05, 4.69) is 4.98 Å². The summed E-state index contributed by atoms with van der Waals surface area (Å²) in [7, 11) is 1.33. The molecule has 0 aliphatic heterocycles. The van der Waals surface area contributed by atoms with E-state index in [9.17, 15) is 9.59 Å². The molecule has 1 saturated carbocycles. The van der Waals surface area contributed by atoms with Crippen molar-refractivity contribution in [2.24, 2.45) is 5.92 Å². The highest BCUT2D eigenvalue weighted by Gasteiger charge is 2.28.